The summed E-state index contributed by atoms with van der Waals surface area (Å²) in [5, 5.41) is 13.6. The Labute approximate surface area is 278 Å². The number of benzene rings is 3. The highest BCUT2D eigenvalue weighted by atomic mass is 35.5. The lowest BCUT2D eigenvalue weighted by Gasteiger charge is -2.24. The molecule has 0 bridgehead atoms. The van der Waals surface area contributed by atoms with Crippen LogP contribution in [0, 0.1) is 12.8 Å². The van der Waals surface area contributed by atoms with Crippen LogP contribution in [-0.2, 0) is 0 Å². The summed E-state index contributed by atoms with van der Waals surface area (Å²) in [5.41, 5.74) is 15.1. The molecule has 1 atom stereocenters. The zero-order valence-corrected chi connectivity index (χ0v) is 28.4. The maximum Gasteiger partial charge on any atom is 0.161 e. The summed E-state index contributed by atoms with van der Waals surface area (Å²) in [6, 6.07) is 22.1. The third kappa shape index (κ3) is 8.83. The Bertz CT molecular complexity index is 1680. The van der Waals surface area contributed by atoms with Gasteiger partial charge >= 0.3 is 0 Å². The molecule has 0 amide bonds. The predicted molar refractivity (Wildman–Crippen MR) is 192 cm³/mol. The standard InChI is InChI=1S/C38H45ClN4O3/c1-7-28(16-17-44)24-43(22-26(3)29-10-8-25(2)9-11-29)23-27(4)42-35-14-12-31(19-34(35)39)33-18-32(21-41-38(33)40)30-13-15-36(45-5)37(20-30)46-6/h8-15,18-23,28,42,44H,7,16-17,24H2,1-6H3,(H2,40,41)/b26-22+,27-23+. The second-order valence-electron chi connectivity index (χ2n) is 11.5. The van der Waals surface area contributed by atoms with Gasteiger partial charge in [0.25, 0.3) is 0 Å². The minimum atomic E-state index is 0.174. The fraction of sp³-hybridized carbons (Fsp3) is 0.289. The van der Waals surface area contributed by atoms with Gasteiger partial charge in [-0.1, -0.05) is 66.9 Å². The van der Waals surface area contributed by atoms with E-state index < -0.39 is 0 Å². The van der Waals surface area contributed by atoms with Gasteiger partial charge in [0.05, 0.1) is 24.9 Å². The molecule has 0 aliphatic heterocycles. The molecule has 4 rings (SSSR count). The van der Waals surface area contributed by atoms with Crippen LogP contribution in [0.4, 0.5) is 11.5 Å². The largest absolute Gasteiger partial charge is 0.493 e. The van der Waals surface area contributed by atoms with Crippen molar-refractivity contribution in [1.29, 1.82) is 0 Å². The molecule has 0 aliphatic carbocycles. The van der Waals surface area contributed by atoms with E-state index in [-0.39, 0.29) is 6.61 Å². The summed E-state index contributed by atoms with van der Waals surface area (Å²) in [5.74, 6) is 2.06. The van der Waals surface area contributed by atoms with Crippen molar-refractivity contribution >= 4 is 28.7 Å². The molecule has 0 spiro atoms. The first-order valence-corrected chi connectivity index (χ1v) is 15.9. The number of nitrogens with zero attached hydrogens (tertiary/aromatic N) is 2. The van der Waals surface area contributed by atoms with Crippen molar-refractivity contribution in [1.82, 2.24) is 9.88 Å². The number of nitrogens with two attached hydrogens (primary N) is 1. The van der Waals surface area contributed by atoms with E-state index in [9.17, 15) is 5.11 Å². The Kier molecular flexibility index (Phi) is 12.1. The summed E-state index contributed by atoms with van der Waals surface area (Å²) in [6.07, 6.45) is 7.74. The number of hydrogen-bond acceptors (Lipinski definition) is 7. The van der Waals surface area contributed by atoms with Gasteiger partial charge in [0.1, 0.15) is 5.82 Å². The van der Waals surface area contributed by atoms with E-state index in [0.717, 1.165) is 58.6 Å². The molecule has 0 saturated carbocycles. The molecule has 0 fully saturated rings. The van der Waals surface area contributed by atoms with Crippen molar-refractivity contribution in [3.63, 3.8) is 0 Å². The van der Waals surface area contributed by atoms with Crippen molar-refractivity contribution in [2.75, 3.05) is 38.4 Å². The molecule has 0 aliphatic rings. The summed E-state index contributed by atoms with van der Waals surface area (Å²) in [4.78, 5) is 6.67. The molecule has 0 saturated heterocycles. The van der Waals surface area contributed by atoms with Gasteiger partial charge in [0.2, 0.25) is 0 Å². The van der Waals surface area contributed by atoms with Crippen LogP contribution >= 0.6 is 11.6 Å². The molecule has 1 aromatic heterocycles. The molecule has 4 N–H and O–H groups in total. The highest BCUT2D eigenvalue weighted by Crippen LogP contribution is 2.36. The van der Waals surface area contributed by atoms with Crippen LogP contribution in [0.5, 0.6) is 11.5 Å². The van der Waals surface area contributed by atoms with Crippen molar-refractivity contribution in [3.8, 4) is 33.8 Å². The number of ether oxygens (including phenoxy) is 2. The average molecular weight is 641 g/mol. The van der Waals surface area contributed by atoms with Crippen LogP contribution in [0.25, 0.3) is 27.8 Å². The highest BCUT2D eigenvalue weighted by molar-refractivity contribution is 6.33. The molecule has 7 nitrogen and oxygen atoms in total. The number of anilines is 2. The molecular weight excluding hydrogens is 596 g/mol. The Morgan fingerprint density at radius 2 is 1.67 bits per heavy atom. The van der Waals surface area contributed by atoms with E-state index in [0.29, 0.717) is 28.3 Å². The van der Waals surface area contributed by atoms with Gasteiger partial charge in [-0.15, -0.1) is 0 Å². The van der Waals surface area contributed by atoms with Gasteiger partial charge < -0.3 is 30.5 Å². The Morgan fingerprint density at radius 3 is 2.33 bits per heavy atom. The zero-order valence-electron chi connectivity index (χ0n) is 27.6. The number of hydrogen-bond donors (Lipinski definition) is 3. The van der Waals surface area contributed by atoms with Gasteiger partial charge in [-0.2, -0.15) is 0 Å². The Hall–Kier alpha value is -4.46. The van der Waals surface area contributed by atoms with Crippen molar-refractivity contribution in [2.45, 2.75) is 40.5 Å². The normalized spacial score (nSPS) is 12.5. The van der Waals surface area contributed by atoms with E-state index in [1.54, 1.807) is 20.4 Å². The number of aromatic nitrogens is 1. The number of aryl methyl sites for hydroxylation is 1. The Balaban J connectivity index is 1.59. The third-order valence-corrected chi connectivity index (χ3v) is 8.37. The van der Waals surface area contributed by atoms with E-state index in [2.05, 4.69) is 72.6 Å². The summed E-state index contributed by atoms with van der Waals surface area (Å²) >= 11 is 6.83. The number of rotatable bonds is 14. The van der Waals surface area contributed by atoms with E-state index in [4.69, 9.17) is 26.8 Å². The number of methoxy groups -OCH3 is 2. The summed E-state index contributed by atoms with van der Waals surface area (Å²) in [7, 11) is 3.23. The van der Waals surface area contributed by atoms with Gasteiger partial charge in [-0.25, -0.2) is 4.98 Å². The molecule has 1 unspecified atom stereocenters. The number of nitrogens with one attached hydrogen (secondary N) is 1. The quantitative estimate of drug-likeness (QED) is 0.127. The van der Waals surface area contributed by atoms with Crippen LogP contribution < -0.4 is 20.5 Å². The summed E-state index contributed by atoms with van der Waals surface area (Å²) < 4.78 is 10.9. The predicted octanol–water partition coefficient (Wildman–Crippen LogP) is 9.02. The fourth-order valence-electron chi connectivity index (χ4n) is 5.35. The SMILES string of the molecule is CCC(CCO)CN(/C=C(\C)Nc1ccc(-c2cc(-c3ccc(OC)c(OC)c3)cnc2N)cc1Cl)/C=C(\C)c1ccc(C)cc1. The van der Waals surface area contributed by atoms with E-state index in [1.165, 1.54) is 11.1 Å². The van der Waals surface area contributed by atoms with Crippen LogP contribution in [-0.4, -0.2) is 42.4 Å². The highest BCUT2D eigenvalue weighted by Gasteiger charge is 2.14. The molecule has 4 aromatic rings. The van der Waals surface area contributed by atoms with Crippen molar-refractivity contribution in [3.05, 3.63) is 107 Å². The molecule has 46 heavy (non-hydrogen) atoms. The second-order valence-corrected chi connectivity index (χ2v) is 11.9. The molecule has 242 valence electrons. The number of pyridine rings is 1. The zero-order chi connectivity index (χ0) is 33.2. The van der Waals surface area contributed by atoms with Gasteiger partial charge in [0, 0.05) is 48.6 Å². The van der Waals surface area contributed by atoms with E-state index in [1.807, 2.05) is 49.4 Å². The van der Waals surface area contributed by atoms with Crippen molar-refractivity contribution in [2.24, 2.45) is 5.92 Å². The van der Waals surface area contributed by atoms with Crippen molar-refractivity contribution < 1.29 is 14.6 Å². The number of aliphatic hydroxyl groups excluding tert-OH is 1. The first kappa shape index (κ1) is 34.4. The van der Waals surface area contributed by atoms with Gasteiger partial charge in [-0.05, 0) is 85.7 Å². The summed E-state index contributed by atoms with van der Waals surface area (Å²) in [6.45, 7) is 9.36. The molecule has 8 heteroatoms. The molecule has 3 aromatic carbocycles. The third-order valence-electron chi connectivity index (χ3n) is 8.06. The Morgan fingerprint density at radius 1 is 0.957 bits per heavy atom. The lowest BCUT2D eigenvalue weighted by molar-refractivity contribution is 0.238. The number of halogens is 1. The lowest BCUT2D eigenvalue weighted by Crippen LogP contribution is -2.22. The van der Waals surface area contributed by atoms with Gasteiger partial charge in [0.15, 0.2) is 11.5 Å². The van der Waals surface area contributed by atoms with Crippen LogP contribution in [0.2, 0.25) is 5.02 Å². The van der Waals surface area contributed by atoms with Crippen LogP contribution in [0.15, 0.2) is 91.0 Å². The van der Waals surface area contributed by atoms with Gasteiger partial charge in [-0.3, -0.25) is 0 Å². The molecule has 1 heterocycles. The molecule has 0 radical (unpaired) electrons. The first-order chi connectivity index (χ1) is 22.1. The smallest absolute Gasteiger partial charge is 0.161 e. The van der Waals surface area contributed by atoms with Crippen LogP contribution in [0.3, 0.4) is 0 Å². The average Bonchev–Trinajstić information content (AvgIpc) is 3.05. The maximum absolute atomic E-state index is 9.61. The van der Waals surface area contributed by atoms with Crippen LogP contribution in [0.1, 0.15) is 44.7 Å². The topological polar surface area (TPSA) is 92.9 Å². The molecular formula is C38H45ClN4O3. The maximum atomic E-state index is 9.61. The fourth-order valence-corrected chi connectivity index (χ4v) is 5.57. The number of aliphatic hydroxyl groups is 1. The van der Waals surface area contributed by atoms with E-state index >= 15 is 0 Å². The lowest BCUT2D eigenvalue weighted by atomic mass is 10.0. The minimum Gasteiger partial charge on any atom is -0.493 e. The minimum absolute atomic E-state index is 0.174. The first-order valence-electron chi connectivity index (χ1n) is 15.5. The number of nitrogen functional groups attached to an aromatic ring is 1. The second kappa shape index (κ2) is 16.2. The number of allylic oxidation sites excluding steroid dienone is 2. The monoisotopic (exact) mass is 640 g/mol.